The molecule has 0 aliphatic heterocycles. The molecule has 0 unspecified atom stereocenters. The fourth-order valence-corrected chi connectivity index (χ4v) is 6.66. The minimum atomic E-state index is -4.24. The van der Waals surface area contributed by atoms with Crippen LogP contribution in [-0.4, -0.2) is 50.9 Å². The Hall–Kier alpha value is -4.63. The van der Waals surface area contributed by atoms with Gasteiger partial charge in [0.05, 0.1) is 17.2 Å². The van der Waals surface area contributed by atoms with E-state index in [1.165, 1.54) is 17.0 Å². The molecule has 2 amide bonds. The molecule has 0 aromatic heterocycles. The number of hydrogen-bond acceptors (Lipinski definition) is 5. The van der Waals surface area contributed by atoms with Crippen LogP contribution in [0.3, 0.4) is 0 Å². The Labute approximate surface area is 279 Å². The van der Waals surface area contributed by atoms with Crippen LogP contribution in [-0.2, 0) is 32.6 Å². The Kier molecular flexibility index (Phi) is 12.2. The number of nitrogens with one attached hydrogen (secondary N) is 1. The van der Waals surface area contributed by atoms with Crippen molar-refractivity contribution in [3.63, 3.8) is 0 Å². The largest absolute Gasteiger partial charge is 0.492 e. The zero-order valence-corrected chi connectivity index (χ0v) is 28.7. The number of nitrogens with zero attached hydrogens (tertiary/aromatic N) is 2. The van der Waals surface area contributed by atoms with Crippen molar-refractivity contribution in [2.24, 2.45) is 5.92 Å². The predicted molar refractivity (Wildman–Crippen MR) is 187 cm³/mol. The summed E-state index contributed by atoms with van der Waals surface area (Å²) >= 11 is 0. The van der Waals surface area contributed by atoms with E-state index in [-0.39, 0.29) is 35.4 Å². The van der Waals surface area contributed by atoms with Crippen molar-refractivity contribution in [1.82, 2.24) is 10.2 Å². The zero-order chi connectivity index (χ0) is 34.0. The first kappa shape index (κ1) is 35.2. The monoisotopic (exact) mass is 655 g/mol. The van der Waals surface area contributed by atoms with Crippen molar-refractivity contribution < 1.29 is 22.7 Å². The van der Waals surface area contributed by atoms with E-state index >= 15 is 0 Å². The predicted octanol–water partition coefficient (Wildman–Crippen LogP) is 6.31. The Morgan fingerprint density at radius 3 is 2.13 bits per heavy atom. The number of carbonyl (C=O) groups is 2. The third-order valence-electron chi connectivity index (χ3n) is 7.88. The summed E-state index contributed by atoms with van der Waals surface area (Å²) < 4.78 is 35.7. The van der Waals surface area contributed by atoms with Gasteiger partial charge in [0.25, 0.3) is 10.0 Å². The lowest BCUT2D eigenvalue weighted by Crippen LogP contribution is -2.53. The molecule has 0 aliphatic rings. The molecule has 248 valence electrons. The highest BCUT2D eigenvalue weighted by molar-refractivity contribution is 7.92. The molecule has 0 fully saturated rings. The molecule has 1 N–H and O–H groups in total. The van der Waals surface area contributed by atoms with Gasteiger partial charge in [0.2, 0.25) is 11.8 Å². The maximum Gasteiger partial charge on any atom is 0.264 e. The average Bonchev–Trinajstić information content (AvgIpc) is 3.06. The number of hydrogen-bond donors (Lipinski definition) is 1. The molecule has 0 bridgehead atoms. The third-order valence-corrected chi connectivity index (χ3v) is 9.65. The molecule has 4 rings (SSSR count). The normalized spacial score (nSPS) is 12.0. The number of rotatable bonds is 15. The van der Waals surface area contributed by atoms with Gasteiger partial charge >= 0.3 is 0 Å². The van der Waals surface area contributed by atoms with Crippen LogP contribution in [0.5, 0.6) is 5.75 Å². The number of ether oxygens (including phenoxy) is 1. The lowest BCUT2D eigenvalue weighted by molar-refractivity contribution is -0.140. The molecule has 0 saturated carbocycles. The number of aryl methyl sites for hydroxylation is 2. The van der Waals surface area contributed by atoms with Gasteiger partial charge in [-0.25, -0.2) is 8.42 Å². The van der Waals surface area contributed by atoms with Crippen LogP contribution in [0.15, 0.2) is 108 Å². The second kappa shape index (κ2) is 16.3. The average molecular weight is 656 g/mol. The summed E-state index contributed by atoms with van der Waals surface area (Å²) in [5, 5.41) is 3.03. The molecular weight excluding hydrogens is 611 g/mol. The summed E-state index contributed by atoms with van der Waals surface area (Å²) in [7, 11) is -4.24. The molecule has 1 atom stereocenters. The number of amides is 2. The van der Waals surface area contributed by atoms with Crippen LogP contribution >= 0.6 is 0 Å². The Bertz CT molecular complexity index is 1740. The van der Waals surface area contributed by atoms with Crippen molar-refractivity contribution in [3.8, 4) is 5.75 Å². The summed E-state index contributed by atoms with van der Waals surface area (Å²) in [5.41, 5.74) is 3.84. The zero-order valence-electron chi connectivity index (χ0n) is 27.8. The summed E-state index contributed by atoms with van der Waals surface area (Å²) in [6.07, 6.45) is 0.253. The maximum absolute atomic E-state index is 14.7. The second-order valence-electron chi connectivity index (χ2n) is 12.0. The highest BCUT2D eigenvalue weighted by Crippen LogP contribution is 2.33. The topological polar surface area (TPSA) is 96.0 Å². The molecule has 4 aromatic rings. The van der Waals surface area contributed by atoms with Gasteiger partial charge in [-0.1, -0.05) is 98.3 Å². The maximum atomic E-state index is 14.7. The molecule has 4 aromatic carbocycles. The summed E-state index contributed by atoms with van der Waals surface area (Å²) in [6.45, 7) is 9.97. The van der Waals surface area contributed by atoms with Crippen LogP contribution in [0, 0.1) is 19.8 Å². The van der Waals surface area contributed by atoms with Gasteiger partial charge in [0.1, 0.15) is 18.3 Å². The SMILES string of the molecule is CCOc1ccccc1N(CC(=O)N(Cc1ccccc1C)[C@H](Cc1ccccc1)C(=O)NCC(C)C)S(=O)(=O)c1ccc(C)cc1. The van der Waals surface area contributed by atoms with Crippen molar-refractivity contribution in [1.29, 1.82) is 0 Å². The van der Waals surface area contributed by atoms with E-state index in [1.54, 1.807) is 36.4 Å². The van der Waals surface area contributed by atoms with Gasteiger partial charge in [0, 0.05) is 19.5 Å². The van der Waals surface area contributed by atoms with Crippen LogP contribution in [0.25, 0.3) is 0 Å². The van der Waals surface area contributed by atoms with Gasteiger partial charge < -0.3 is 15.0 Å². The summed E-state index contributed by atoms with van der Waals surface area (Å²) in [6, 6.07) is 29.6. The number of benzene rings is 4. The first-order valence-electron chi connectivity index (χ1n) is 16.0. The van der Waals surface area contributed by atoms with Crippen LogP contribution < -0.4 is 14.4 Å². The van der Waals surface area contributed by atoms with E-state index in [2.05, 4.69) is 5.32 Å². The van der Waals surface area contributed by atoms with E-state index in [4.69, 9.17) is 4.74 Å². The van der Waals surface area contributed by atoms with Crippen molar-refractivity contribution in [3.05, 3.63) is 125 Å². The fraction of sp³-hybridized carbons (Fsp3) is 0.316. The molecule has 0 aliphatic carbocycles. The Morgan fingerprint density at radius 2 is 1.47 bits per heavy atom. The fourth-order valence-electron chi connectivity index (χ4n) is 5.24. The third kappa shape index (κ3) is 9.23. The van der Waals surface area contributed by atoms with Gasteiger partial charge in [-0.15, -0.1) is 0 Å². The first-order valence-corrected chi connectivity index (χ1v) is 17.4. The molecule has 47 heavy (non-hydrogen) atoms. The van der Waals surface area contributed by atoms with Crippen molar-refractivity contribution in [2.75, 3.05) is 24.0 Å². The van der Waals surface area contributed by atoms with Gasteiger partial charge in [-0.2, -0.15) is 0 Å². The van der Waals surface area contributed by atoms with Gasteiger partial charge in [-0.3, -0.25) is 13.9 Å². The summed E-state index contributed by atoms with van der Waals surface area (Å²) in [4.78, 5) is 30.2. The second-order valence-corrected chi connectivity index (χ2v) is 13.9. The van der Waals surface area contributed by atoms with Gasteiger partial charge in [0.15, 0.2) is 0 Å². The number of sulfonamides is 1. The molecule has 0 heterocycles. The molecule has 0 spiro atoms. The van der Waals surface area contributed by atoms with E-state index in [9.17, 15) is 18.0 Å². The van der Waals surface area contributed by atoms with Gasteiger partial charge in [-0.05, 0) is 67.6 Å². The lowest BCUT2D eigenvalue weighted by atomic mass is 10.0. The van der Waals surface area contributed by atoms with E-state index < -0.39 is 28.5 Å². The van der Waals surface area contributed by atoms with Crippen molar-refractivity contribution in [2.45, 2.75) is 58.5 Å². The highest BCUT2D eigenvalue weighted by Gasteiger charge is 2.35. The molecular formula is C38H45N3O5S. The van der Waals surface area contributed by atoms with E-state index in [0.29, 0.717) is 18.9 Å². The smallest absolute Gasteiger partial charge is 0.264 e. The molecule has 0 saturated heterocycles. The first-order chi connectivity index (χ1) is 22.5. The summed E-state index contributed by atoms with van der Waals surface area (Å²) in [5.74, 6) is -0.287. The van der Waals surface area contributed by atoms with E-state index in [1.807, 2.05) is 89.2 Å². The number of para-hydroxylation sites is 2. The highest BCUT2D eigenvalue weighted by atomic mass is 32.2. The van der Waals surface area contributed by atoms with Crippen molar-refractivity contribution >= 4 is 27.5 Å². The minimum absolute atomic E-state index is 0.0446. The van der Waals surface area contributed by atoms with Crippen LogP contribution in [0.1, 0.15) is 43.0 Å². The lowest BCUT2D eigenvalue weighted by Gasteiger charge is -2.34. The Morgan fingerprint density at radius 1 is 0.830 bits per heavy atom. The van der Waals surface area contributed by atoms with Crippen LogP contribution in [0.4, 0.5) is 5.69 Å². The Balaban J connectivity index is 1.84. The molecule has 0 radical (unpaired) electrons. The standard InChI is InChI=1S/C38H45N3O5S/c1-6-46-36-19-13-12-18-34(36)41(47(44,45)33-22-20-29(4)21-23-33)27-37(42)40(26-32-17-11-10-14-30(32)5)35(38(43)39-25-28(2)3)24-31-15-8-7-9-16-31/h7-23,28,35H,6,24-27H2,1-5H3,(H,39,43)/t35-/m1/s1. The molecule has 8 nitrogen and oxygen atoms in total. The van der Waals surface area contributed by atoms with E-state index in [0.717, 1.165) is 26.6 Å². The molecule has 9 heteroatoms. The van der Waals surface area contributed by atoms with Crippen LogP contribution in [0.2, 0.25) is 0 Å². The minimum Gasteiger partial charge on any atom is -0.492 e. The number of carbonyl (C=O) groups excluding carboxylic acids is 2. The number of anilines is 1. The quantitative estimate of drug-likeness (QED) is 0.162.